The van der Waals surface area contributed by atoms with Crippen molar-refractivity contribution in [3.63, 3.8) is 0 Å². The summed E-state index contributed by atoms with van der Waals surface area (Å²) in [6.45, 7) is 2.71. The molecule has 1 aromatic heterocycles. The Morgan fingerprint density at radius 3 is 2.90 bits per heavy atom. The lowest BCUT2D eigenvalue weighted by molar-refractivity contribution is 0.0957. The molecule has 162 valence electrons. The predicted octanol–water partition coefficient (Wildman–Crippen LogP) is 3.25. The summed E-state index contributed by atoms with van der Waals surface area (Å²) in [6.07, 6.45) is 2.78. The van der Waals surface area contributed by atoms with Gasteiger partial charge < -0.3 is 21.1 Å². The molecule has 2 aromatic carbocycles. The number of pyridine rings is 1. The van der Waals surface area contributed by atoms with Gasteiger partial charge in [0.2, 0.25) is 0 Å². The molecule has 5 rings (SSSR count). The Balaban J connectivity index is 0.00000136. The highest BCUT2D eigenvalue weighted by Crippen LogP contribution is 2.28. The predicted molar refractivity (Wildman–Crippen MR) is 126 cm³/mol. The topological polar surface area (TPSA) is 113 Å². The minimum atomic E-state index is -0.171. The van der Waals surface area contributed by atoms with Crippen LogP contribution in [0.2, 0.25) is 0 Å². The lowest BCUT2D eigenvalue weighted by Gasteiger charge is -2.18. The highest BCUT2D eigenvalue weighted by atomic mass is 16.5. The number of anilines is 1. The van der Waals surface area contributed by atoms with Crippen LogP contribution in [0.1, 0.15) is 36.9 Å². The minimum Gasteiger partial charge on any atom is -0.491 e. The van der Waals surface area contributed by atoms with E-state index in [1.54, 1.807) is 24.4 Å². The molecule has 0 spiro atoms. The molecule has 2 aliphatic heterocycles. The average molecular weight is 420 g/mol. The number of aromatic nitrogens is 1. The number of nitrogen functional groups attached to an aromatic ring is 1. The number of nitrogens with two attached hydrogens (primary N) is 1. The van der Waals surface area contributed by atoms with Gasteiger partial charge in [0.1, 0.15) is 18.2 Å². The van der Waals surface area contributed by atoms with Crippen LogP contribution in [0.15, 0.2) is 48.7 Å². The highest BCUT2D eigenvalue weighted by Gasteiger charge is 2.19. The first-order valence-electron chi connectivity index (χ1n) is 10.3. The van der Waals surface area contributed by atoms with E-state index < -0.39 is 0 Å². The molecule has 1 amide bonds. The summed E-state index contributed by atoms with van der Waals surface area (Å²) in [5.41, 5.74) is 12.6. The Hall–Kier alpha value is -3.71. The van der Waals surface area contributed by atoms with Crippen LogP contribution in [0.4, 0.5) is 5.82 Å². The molecule has 0 fully saturated rings. The molecule has 0 saturated heterocycles. The van der Waals surface area contributed by atoms with E-state index in [0.29, 0.717) is 41.4 Å². The van der Waals surface area contributed by atoms with Gasteiger partial charge in [0.15, 0.2) is 0 Å². The van der Waals surface area contributed by atoms with Crippen molar-refractivity contribution in [1.82, 2.24) is 15.6 Å². The van der Waals surface area contributed by atoms with Gasteiger partial charge in [0.25, 0.3) is 5.91 Å². The number of nitrogens with one attached hydrogen (secondary N) is 3. The number of benzene rings is 2. The molecule has 3 aromatic rings. The lowest BCUT2D eigenvalue weighted by Crippen LogP contribution is -2.24. The van der Waals surface area contributed by atoms with Crippen molar-refractivity contribution in [3.05, 3.63) is 76.5 Å². The van der Waals surface area contributed by atoms with Crippen LogP contribution in [0.3, 0.4) is 0 Å². The van der Waals surface area contributed by atoms with Gasteiger partial charge in [0.05, 0.1) is 17.8 Å². The maximum absolute atomic E-state index is 12.1. The van der Waals surface area contributed by atoms with Gasteiger partial charge >= 0.3 is 0 Å². The van der Waals surface area contributed by atoms with Crippen LogP contribution in [-0.4, -0.2) is 36.3 Å². The van der Waals surface area contributed by atoms with Gasteiger partial charge in [-0.15, -0.1) is 0 Å². The second-order valence-corrected chi connectivity index (χ2v) is 7.76. The maximum Gasteiger partial charge on any atom is 0.255 e. The van der Waals surface area contributed by atoms with E-state index in [1.165, 1.54) is 11.1 Å². The summed E-state index contributed by atoms with van der Waals surface area (Å²) >= 11 is 0. The van der Waals surface area contributed by atoms with E-state index in [-0.39, 0.29) is 15.9 Å². The van der Waals surface area contributed by atoms with Crippen LogP contribution in [-0.2, 0) is 13.0 Å². The maximum atomic E-state index is 12.1. The largest absolute Gasteiger partial charge is 0.491 e. The van der Waals surface area contributed by atoms with Gasteiger partial charge in [-0.3, -0.25) is 10.2 Å². The first-order valence-corrected chi connectivity index (χ1v) is 10.3. The van der Waals surface area contributed by atoms with Crippen LogP contribution in [0.5, 0.6) is 5.75 Å². The zero-order valence-electron chi connectivity index (χ0n) is 17.0. The van der Waals surface area contributed by atoms with Crippen LogP contribution < -0.4 is 21.1 Å². The molecule has 2 aliphatic rings. The normalized spacial score (nSPS) is 15.2. The van der Waals surface area contributed by atoms with E-state index in [1.807, 2.05) is 6.07 Å². The van der Waals surface area contributed by atoms with Crippen LogP contribution in [0, 0.1) is 5.41 Å². The third kappa shape index (κ3) is 3.64. The number of hydrogen-bond acceptors (Lipinski definition) is 6. The smallest absolute Gasteiger partial charge is 0.255 e. The average Bonchev–Trinajstić information content (AvgIpc) is 2.99. The molecule has 0 saturated carbocycles. The fraction of sp³-hybridized carbons (Fsp3) is 0.208. The Kier molecular flexibility index (Phi) is 4.88. The molecular formula is C24H29N5O2. The SMILES string of the molecule is N=C(c1ccc2c(c1)OCCNC2=O)c1cc(-c2ccc3c(c2)CNCC3)cnc1N.[HH].[HH].[HH]. The third-order valence-corrected chi connectivity index (χ3v) is 5.77. The quantitative estimate of drug-likeness (QED) is 0.487. The number of amides is 1. The molecule has 0 radical (unpaired) electrons. The van der Waals surface area contributed by atoms with Gasteiger partial charge in [-0.25, -0.2) is 4.98 Å². The molecule has 0 aliphatic carbocycles. The Morgan fingerprint density at radius 2 is 2.00 bits per heavy atom. The molecule has 7 heteroatoms. The number of ether oxygens (including phenoxy) is 1. The van der Waals surface area contributed by atoms with Crippen molar-refractivity contribution in [2.24, 2.45) is 0 Å². The van der Waals surface area contributed by atoms with Crippen LogP contribution >= 0.6 is 0 Å². The fourth-order valence-electron chi connectivity index (χ4n) is 4.05. The fourth-order valence-corrected chi connectivity index (χ4v) is 4.05. The van der Waals surface area contributed by atoms with E-state index in [0.717, 1.165) is 30.6 Å². The third-order valence-electron chi connectivity index (χ3n) is 5.77. The van der Waals surface area contributed by atoms with Crippen LogP contribution in [0.25, 0.3) is 11.1 Å². The highest BCUT2D eigenvalue weighted by molar-refractivity contribution is 6.14. The molecule has 0 unspecified atom stereocenters. The number of nitrogens with zero attached hydrogens (tertiary/aromatic N) is 1. The molecular weight excluding hydrogens is 390 g/mol. The van der Waals surface area contributed by atoms with Crippen molar-refractivity contribution in [1.29, 1.82) is 5.41 Å². The first kappa shape index (κ1) is 19.3. The van der Waals surface area contributed by atoms with Gasteiger partial charge in [-0.05, 0) is 53.9 Å². The lowest BCUT2D eigenvalue weighted by atomic mass is 9.94. The zero-order valence-corrected chi connectivity index (χ0v) is 17.0. The molecule has 31 heavy (non-hydrogen) atoms. The van der Waals surface area contributed by atoms with Crippen molar-refractivity contribution >= 4 is 17.4 Å². The van der Waals surface area contributed by atoms with E-state index in [2.05, 4.69) is 33.8 Å². The summed E-state index contributed by atoms with van der Waals surface area (Å²) in [5, 5.41) is 14.9. The zero-order chi connectivity index (χ0) is 21.4. The first-order chi connectivity index (χ1) is 15.1. The number of carbonyl (C=O) groups excluding carboxylic acids is 1. The Morgan fingerprint density at radius 1 is 1.10 bits per heavy atom. The molecule has 0 bridgehead atoms. The van der Waals surface area contributed by atoms with E-state index >= 15 is 0 Å². The minimum absolute atomic E-state index is 0. The molecule has 0 atom stereocenters. The summed E-state index contributed by atoms with van der Waals surface area (Å²) in [4.78, 5) is 16.5. The van der Waals surface area contributed by atoms with Crippen molar-refractivity contribution in [2.75, 3.05) is 25.4 Å². The molecule has 7 nitrogen and oxygen atoms in total. The summed E-state index contributed by atoms with van der Waals surface area (Å²) < 4.78 is 5.69. The standard InChI is InChI=1S/C24H23N5O2.3H2/c25-22(16-3-4-19-21(11-16)31-8-7-28-24(19)30)20-10-18(13-29-23(20)26)15-2-1-14-5-6-27-12-17(14)9-15;;;/h1-4,9-11,13,25,27H,5-8,12H2,(H2,26,29)(H,28,30);3*1H. The van der Waals surface area contributed by atoms with E-state index in [4.69, 9.17) is 15.9 Å². The van der Waals surface area contributed by atoms with Gasteiger partial charge in [0, 0.05) is 33.7 Å². The second kappa shape index (κ2) is 7.85. The second-order valence-electron chi connectivity index (χ2n) is 7.76. The van der Waals surface area contributed by atoms with Gasteiger partial charge in [-0.2, -0.15) is 0 Å². The number of fused-ring (bicyclic) bond motifs is 2. The van der Waals surface area contributed by atoms with E-state index in [9.17, 15) is 4.79 Å². The summed E-state index contributed by atoms with van der Waals surface area (Å²) in [5.74, 6) is 0.597. The Labute approximate surface area is 184 Å². The summed E-state index contributed by atoms with van der Waals surface area (Å²) in [6, 6.07) is 13.5. The monoisotopic (exact) mass is 419 g/mol. The molecule has 5 N–H and O–H groups in total. The number of rotatable bonds is 3. The number of hydrogen-bond donors (Lipinski definition) is 4. The van der Waals surface area contributed by atoms with Crippen molar-refractivity contribution in [3.8, 4) is 16.9 Å². The van der Waals surface area contributed by atoms with Crippen molar-refractivity contribution in [2.45, 2.75) is 13.0 Å². The Bertz CT molecular complexity index is 1220. The van der Waals surface area contributed by atoms with Gasteiger partial charge in [-0.1, -0.05) is 18.2 Å². The summed E-state index contributed by atoms with van der Waals surface area (Å²) in [7, 11) is 0. The number of carbonyl (C=O) groups is 1. The van der Waals surface area contributed by atoms with Crippen molar-refractivity contribution < 1.29 is 13.8 Å². The molecule has 3 heterocycles.